The first kappa shape index (κ1) is 15.3. The Bertz CT molecular complexity index is 298. The van der Waals surface area contributed by atoms with Crippen LogP contribution in [-0.4, -0.2) is 31.0 Å². The largest absolute Gasteiger partial charge is 0.383 e. The van der Waals surface area contributed by atoms with Gasteiger partial charge in [0.1, 0.15) is 0 Å². The highest BCUT2D eigenvalue weighted by Gasteiger charge is 2.35. The summed E-state index contributed by atoms with van der Waals surface area (Å²) in [5.41, 5.74) is 0. The molecule has 19 heavy (non-hydrogen) atoms. The van der Waals surface area contributed by atoms with E-state index in [-0.39, 0.29) is 17.9 Å². The second-order valence-electron chi connectivity index (χ2n) is 6.13. The van der Waals surface area contributed by atoms with E-state index in [4.69, 9.17) is 4.74 Å². The zero-order valence-corrected chi connectivity index (χ0v) is 13.5. The van der Waals surface area contributed by atoms with E-state index >= 15 is 0 Å². The number of methoxy groups -OCH3 is 1. The summed E-state index contributed by atoms with van der Waals surface area (Å²) in [4.78, 5) is 12.3. The van der Waals surface area contributed by atoms with Crippen molar-refractivity contribution in [2.45, 2.75) is 51.0 Å². The standard InChI is InChI=1S/C15H26BrNO2/c1-19-10-14(9-16)17-15(18)13-7-6-11-4-2-3-5-12(11)8-13/h11-14H,2-10H2,1H3,(H,17,18). The number of carbonyl (C=O) groups is 1. The van der Waals surface area contributed by atoms with Gasteiger partial charge in [-0.3, -0.25) is 4.79 Å². The van der Waals surface area contributed by atoms with Gasteiger partial charge in [0.15, 0.2) is 0 Å². The van der Waals surface area contributed by atoms with Crippen LogP contribution in [0.4, 0.5) is 0 Å². The third-order valence-corrected chi connectivity index (χ3v) is 5.59. The summed E-state index contributed by atoms with van der Waals surface area (Å²) < 4.78 is 5.12. The van der Waals surface area contributed by atoms with Crippen molar-refractivity contribution in [3.05, 3.63) is 0 Å². The molecule has 1 amide bonds. The van der Waals surface area contributed by atoms with Crippen molar-refractivity contribution in [3.8, 4) is 0 Å². The van der Waals surface area contributed by atoms with Gasteiger partial charge in [-0.25, -0.2) is 0 Å². The maximum absolute atomic E-state index is 12.3. The quantitative estimate of drug-likeness (QED) is 0.786. The molecule has 4 atom stereocenters. The number of hydrogen-bond donors (Lipinski definition) is 1. The van der Waals surface area contributed by atoms with Gasteiger partial charge in [-0.2, -0.15) is 0 Å². The fourth-order valence-corrected chi connectivity index (χ4v) is 4.11. The Balaban J connectivity index is 1.82. The minimum Gasteiger partial charge on any atom is -0.383 e. The van der Waals surface area contributed by atoms with Crippen molar-refractivity contribution in [1.29, 1.82) is 0 Å². The average Bonchev–Trinajstić information content (AvgIpc) is 2.46. The first-order valence-electron chi connectivity index (χ1n) is 7.59. The molecule has 0 saturated heterocycles. The van der Waals surface area contributed by atoms with E-state index in [1.807, 2.05) is 0 Å². The van der Waals surface area contributed by atoms with Gasteiger partial charge in [0.05, 0.1) is 12.6 Å². The monoisotopic (exact) mass is 331 g/mol. The third kappa shape index (κ3) is 4.19. The van der Waals surface area contributed by atoms with Gasteiger partial charge in [0, 0.05) is 18.4 Å². The topological polar surface area (TPSA) is 38.3 Å². The molecule has 0 aromatic heterocycles. The number of alkyl halides is 1. The molecule has 0 radical (unpaired) electrons. The molecule has 0 spiro atoms. The van der Waals surface area contributed by atoms with Crippen molar-refractivity contribution in [2.24, 2.45) is 17.8 Å². The summed E-state index contributed by atoms with van der Waals surface area (Å²) in [6.07, 6.45) is 8.95. The minimum atomic E-state index is 0.0987. The lowest BCUT2D eigenvalue weighted by molar-refractivity contribution is -0.128. The predicted molar refractivity (Wildman–Crippen MR) is 80.4 cm³/mol. The molecule has 4 unspecified atom stereocenters. The highest BCUT2D eigenvalue weighted by Crippen LogP contribution is 2.42. The van der Waals surface area contributed by atoms with E-state index in [0.717, 1.165) is 30.0 Å². The number of fused-ring (bicyclic) bond motifs is 1. The molecule has 2 aliphatic carbocycles. The van der Waals surface area contributed by atoms with E-state index < -0.39 is 0 Å². The van der Waals surface area contributed by atoms with Crippen LogP contribution >= 0.6 is 15.9 Å². The molecule has 0 aliphatic heterocycles. The molecule has 2 aliphatic rings. The van der Waals surface area contributed by atoms with Gasteiger partial charge in [-0.05, 0) is 31.1 Å². The lowest BCUT2D eigenvalue weighted by atomic mass is 9.67. The number of hydrogen-bond acceptors (Lipinski definition) is 2. The van der Waals surface area contributed by atoms with E-state index in [9.17, 15) is 4.79 Å². The Morgan fingerprint density at radius 1 is 1.26 bits per heavy atom. The predicted octanol–water partition coefficient (Wildman–Crippen LogP) is 3.12. The minimum absolute atomic E-state index is 0.0987. The van der Waals surface area contributed by atoms with Crippen LogP contribution in [-0.2, 0) is 9.53 Å². The number of halogens is 1. The highest BCUT2D eigenvalue weighted by molar-refractivity contribution is 9.09. The summed E-state index contributed by atoms with van der Waals surface area (Å²) in [6.45, 7) is 0.579. The van der Waals surface area contributed by atoms with E-state index in [1.54, 1.807) is 7.11 Å². The summed E-state index contributed by atoms with van der Waals surface area (Å²) in [5.74, 6) is 2.19. The van der Waals surface area contributed by atoms with Crippen LogP contribution in [0.25, 0.3) is 0 Å². The second-order valence-corrected chi connectivity index (χ2v) is 6.78. The molecule has 0 aromatic carbocycles. The molecule has 1 N–H and O–H groups in total. The molecule has 3 nitrogen and oxygen atoms in total. The van der Waals surface area contributed by atoms with Crippen molar-refractivity contribution in [3.63, 3.8) is 0 Å². The normalized spacial score (nSPS) is 32.4. The van der Waals surface area contributed by atoms with Crippen LogP contribution in [0.5, 0.6) is 0 Å². The van der Waals surface area contributed by atoms with Crippen LogP contribution in [0.3, 0.4) is 0 Å². The van der Waals surface area contributed by atoms with Gasteiger partial charge in [0.25, 0.3) is 0 Å². The number of ether oxygens (including phenoxy) is 1. The maximum Gasteiger partial charge on any atom is 0.223 e. The number of rotatable bonds is 5. The summed E-state index contributed by atoms with van der Waals surface area (Å²) in [7, 11) is 1.68. The van der Waals surface area contributed by atoms with Crippen LogP contribution in [0.2, 0.25) is 0 Å². The molecule has 0 bridgehead atoms. The Kier molecular flexibility index (Phi) is 6.14. The Morgan fingerprint density at radius 2 is 2.00 bits per heavy atom. The maximum atomic E-state index is 12.3. The van der Waals surface area contributed by atoms with Gasteiger partial charge in [-0.15, -0.1) is 0 Å². The van der Waals surface area contributed by atoms with E-state index in [2.05, 4.69) is 21.2 Å². The molecular formula is C15H26BrNO2. The Hall–Kier alpha value is -0.0900. The zero-order valence-electron chi connectivity index (χ0n) is 11.9. The Labute approximate surface area is 125 Å². The SMILES string of the molecule is COCC(CBr)NC(=O)C1CCC2CCCCC2C1. The summed E-state index contributed by atoms with van der Waals surface area (Å²) >= 11 is 3.43. The van der Waals surface area contributed by atoms with Crippen molar-refractivity contribution >= 4 is 21.8 Å². The first-order valence-corrected chi connectivity index (χ1v) is 8.72. The number of amides is 1. The van der Waals surface area contributed by atoms with Crippen LogP contribution in [0.1, 0.15) is 44.9 Å². The fourth-order valence-electron chi connectivity index (χ4n) is 3.76. The van der Waals surface area contributed by atoms with Crippen molar-refractivity contribution < 1.29 is 9.53 Å². The molecule has 0 heterocycles. The second kappa shape index (κ2) is 7.63. The zero-order chi connectivity index (χ0) is 13.7. The third-order valence-electron chi connectivity index (χ3n) is 4.81. The smallest absolute Gasteiger partial charge is 0.223 e. The molecule has 4 heteroatoms. The van der Waals surface area contributed by atoms with Gasteiger partial charge in [0.2, 0.25) is 5.91 Å². The fraction of sp³-hybridized carbons (Fsp3) is 0.933. The lowest BCUT2D eigenvalue weighted by Gasteiger charge is -2.39. The summed E-state index contributed by atoms with van der Waals surface area (Å²) in [6, 6.07) is 0.0987. The van der Waals surface area contributed by atoms with E-state index in [1.165, 1.54) is 32.1 Å². The lowest BCUT2D eigenvalue weighted by Crippen LogP contribution is -2.44. The molecule has 0 aromatic rings. The highest BCUT2D eigenvalue weighted by atomic mass is 79.9. The van der Waals surface area contributed by atoms with Crippen molar-refractivity contribution in [1.82, 2.24) is 5.32 Å². The number of nitrogens with one attached hydrogen (secondary N) is 1. The summed E-state index contributed by atoms with van der Waals surface area (Å²) in [5, 5.41) is 3.88. The van der Waals surface area contributed by atoms with Crippen molar-refractivity contribution in [2.75, 3.05) is 19.0 Å². The average molecular weight is 332 g/mol. The van der Waals surface area contributed by atoms with Crippen LogP contribution in [0.15, 0.2) is 0 Å². The van der Waals surface area contributed by atoms with Gasteiger partial charge >= 0.3 is 0 Å². The molecule has 2 saturated carbocycles. The van der Waals surface area contributed by atoms with Crippen LogP contribution in [0, 0.1) is 17.8 Å². The van der Waals surface area contributed by atoms with Gasteiger partial charge < -0.3 is 10.1 Å². The molecular weight excluding hydrogens is 306 g/mol. The van der Waals surface area contributed by atoms with Crippen LogP contribution < -0.4 is 5.32 Å². The molecule has 2 fully saturated rings. The molecule has 110 valence electrons. The first-order chi connectivity index (χ1) is 9.24. The Morgan fingerprint density at radius 3 is 2.68 bits per heavy atom. The van der Waals surface area contributed by atoms with E-state index in [0.29, 0.717) is 6.61 Å². The number of carbonyl (C=O) groups excluding carboxylic acids is 1. The molecule has 2 rings (SSSR count). The van der Waals surface area contributed by atoms with Gasteiger partial charge in [-0.1, -0.05) is 41.6 Å².